The zero-order valence-corrected chi connectivity index (χ0v) is 22.4. The molecule has 2 aromatic heterocycles. The van der Waals surface area contributed by atoms with Crippen molar-refractivity contribution in [1.82, 2.24) is 29.5 Å². The van der Waals surface area contributed by atoms with Gasteiger partial charge >= 0.3 is 0 Å². The van der Waals surface area contributed by atoms with Gasteiger partial charge in [0.2, 0.25) is 11.9 Å². The fourth-order valence-electron chi connectivity index (χ4n) is 5.10. The minimum absolute atomic E-state index is 0.0377. The fraction of sp³-hybridized carbons (Fsp3) is 0.538. The van der Waals surface area contributed by atoms with E-state index in [1.165, 1.54) is 6.07 Å². The van der Waals surface area contributed by atoms with E-state index in [1.54, 1.807) is 29.0 Å². The number of nitrogens with zero attached hydrogens (tertiary/aromatic N) is 7. The van der Waals surface area contributed by atoms with Crippen LogP contribution in [0.15, 0.2) is 18.3 Å². The summed E-state index contributed by atoms with van der Waals surface area (Å²) in [5, 5.41) is 17.2. The number of carbonyl (C=O) groups excluding carboxylic acids is 1. The number of nitrogen functional groups attached to an aromatic ring is 1. The summed E-state index contributed by atoms with van der Waals surface area (Å²) in [6.07, 6.45) is 3.30. The van der Waals surface area contributed by atoms with Gasteiger partial charge < -0.3 is 30.7 Å². The molecule has 2 aliphatic rings. The molecule has 0 atom stereocenters. The number of hydrogen-bond acceptors (Lipinski definition) is 10. The Labute approximate surface area is 226 Å². The van der Waals surface area contributed by atoms with Crippen LogP contribution >= 0.6 is 0 Å². The first-order valence-corrected chi connectivity index (χ1v) is 13.4. The Balaban J connectivity index is 1.30. The Morgan fingerprint density at radius 2 is 2.00 bits per heavy atom. The number of carbonyl (C=O) groups is 1. The average Bonchev–Trinajstić information content (AvgIpc) is 3.30. The van der Waals surface area contributed by atoms with Crippen LogP contribution in [0.1, 0.15) is 25.3 Å². The van der Waals surface area contributed by atoms with Gasteiger partial charge in [0.1, 0.15) is 22.6 Å². The zero-order valence-electron chi connectivity index (χ0n) is 22.4. The Hall–Kier alpha value is -3.71. The molecule has 2 aliphatic heterocycles. The molecule has 39 heavy (non-hydrogen) atoms. The van der Waals surface area contributed by atoms with Gasteiger partial charge in [-0.15, -0.1) is 0 Å². The van der Waals surface area contributed by atoms with E-state index in [0.717, 1.165) is 19.4 Å². The molecule has 0 spiro atoms. The number of hydrogen-bond donors (Lipinski definition) is 3. The van der Waals surface area contributed by atoms with Crippen molar-refractivity contribution in [3.63, 3.8) is 0 Å². The van der Waals surface area contributed by atoms with Gasteiger partial charge in [0.25, 0.3) is 0 Å². The lowest BCUT2D eigenvalue weighted by atomic mass is 10.1. The van der Waals surface area contributed by atoms with Crippen LogP contribution < -0.4 is 20.7 Å². The monoisotopic (exact) mass is 541 g/mol. The van der Waals surface area contributed by atoms with Gasteiger partial charge in [-0.3, -0.25) is 14.4 Å². The van der Waals surface area contributed by atoms with Crippen LogP contribution in [0, 0.1) is 5.82 Å². The quantitative estimate of drug-likeness (QED) is 0.320. The Morgan fingerprint density at radius 3 is 2.69 bits per heavy atom. The number of anilines is 3. The molecule has 0 unspecified atom stereocenters. The van der Waals surface area contributed by atoms with E-state index in [2.05, 4.69) is 27.3 Å². The third-order valence-electron chi connectivity index (χ3n) is 7.27. The summed E-state index contributed by atoms with van der Waals surface area (Å²) >= 11 is 0. The van der Waals surface area contributed by atoms with Crippen molar-refractivity contribution in [3.05, 3.63) is 29.7 Å². The Morgan fingerprint density at radius 1 is 1.23 bits per heavy atom. The average molecular weight is 542 g/mol. The van der Waals surface area contributed by atoms with Gasteiger partial charge in [-0.1, -0.05) is 13.3 Å². The highest BCUT2D eigenvalue weighted by Crippen LogP contribution is 2.32. The van der Waals surface area contributed by atoms with Crippen molar-refractivity contribution >= 4 is 34.4 Å². The van der Waals surface area contributed by atoms with E-state index in [0.29, 0.717) is 79.7 Å². The number of fused-ring (bicyclic) bond motifs is 1. The number of nitrogens with one attached hydrogen (secondary N) is 1. The number of aliphatic hydroxyl groups is 1. The predicted molar refractivity (Wildman–Crippen MR) is 146 cm³/mol. The highest BCUT2D eigenvalue weighted by Gasteiger charge is 2.30. The number of rotatable bonds is 10. The fourth-order valence-corrected chi connectivity index (χ4v) is 5.10. The second-order valence-corrected chi connectivity index (χ2v) is 10.1. The zero-order chi connectivity index (χ0) is 27.5. The van der Waals surface area contributed by atoms with E-state index in [1.807, 2.05) is 9.80 Å². The second kappa shape index (κ2) is 11.6. The van der Waals surface area contributed by atoms with Gasteiger partial charge in [-0.25, -0.2) is 9.37 Å². The summed E-state index contributed by atoms with van der Waals surface area (Å²) in [6, 6.07) is 3.20. The van der Waals surface area contributed by atoms with E-state index < -0.39 is 0 Å². The standard InChI is InChI=1S/C26H36FN9O3/c1-3-4-5-29-25-24-20(31-26(28)32-25)12-30-36(24)13-17-10-19(27)21(11-22(17)39-2)34-6-8-35(9-7-34)23(38)16-33-14-18(37)15-33/h10-12,18,37H,3-9,13-16H2,1-2H3,(H3,28,29,31,32). The largest absolute Gasteiger partial charge is 0.496 e. The van der Waals surface area contributed by atoms with Gasteiger partial charge in [0.15, 0.2) is 5.82 Å². The molecular formula is C26H36FN9O3. The van der Waals surface area contributed by atoms with Crippen LogP contribution in [-0.4, -0.2) is 106 Å². The summed E-state index contributed by atoms with van der Waals surface area (Å²) < 4.78 is 22.8. The maximum atomic E-state index is 15.5. The lowest BCUT2D eigenvalue weighted by Gasteiger charge is -2.39. The van der Waals surface area contributed by atoms with Gasteiger partial charge in [0.05, 0.1) is 38.2 Å². The normalized spacial score (nSPS) is 16.5. The number of amides is 1. The molecule has 0 bridgehead atoms. The molecular weight excluding hydrogens is 505 g/mol. The van der Waals surface area contributed by atoms with Crippen LogP contribution in [-0.2, 0) is 11.3 Å². The smallest absolute Gasteiger partial charge is 0.236 e. The molecule has 2 saturated heterocycles. The number of likely N-dealkylation sites (tertiary alicyclic amines) is 1. The summed E-state index contributed by atoms with van der Waals surface area (Å²) in [6.45, 7) is 6.54. The number of nitrogens with two attached hydrogens (primary N) is 1. The van der Waals surface area contributed by atoms with Crippen LogP contribution in [0.3, 0.4) is 0 Å². The summed E-state index contributed by atoms with van der Waals surface area (Å²) in [4.78, 5) is 26.9. The van der Waals surface area contributed by atoms with Crippen LogP contribution in [0.2, 0.25) is 0 Å². The maximum absolute atomic E-state index is 15.5. The first kappa shape index (κ1) is 26.9. The van der Waals surface area contributed by atoms with E-state index in [9.17, 15) is 9.90 Å². The van der Waals surface area contributed by atoms with E-state index in [4.69, 9.17) is 10.5 Å². The van der Waals surface area contributed by atoms with Crippen molar-refractivity contribution in [2.24, 2.45) is 0 Å². The summed E-state index contributed by atoms with van der Waals surface area (Å²) in [5.41, 5.74) is 8.27. The highest BCUT2D eigenvalue weighted by atomic mass is 19.1. The molecule has 5 rings (SSSR count). The minimum Gasteiger partial charge on any atom is -0.496 e. The number of benzene rings is 1. The third-order valence-corrected chi connectivity index (χ3v) is 7.27. The van der Waals surface area contributed by atoms with Crippen LogP contribution in [0.4, 0.5) is 21.8 Å². The molecule has 0 saturated carbocycles. The first-order valence-electron chi connectivity index (χ1n) is 13.4. The first-order chi connectivity index (χ1) is 18.9. The summed E-state index contributed by atoms with van der Waals surface area (Å²) in [5.74, 6) is 0.975. The third kappa shape index (κ3) is 5.83. The summed E-state index contributed by atoms with van der Waals surface area (Å²) in [7, 11) is 1.56. The Bertz CT molecular complexity index is 1320. The van der Waals surface area contributed by atoms with Crippen LogP contribution in [0.25, 0.3) is 11.0 Å². The van der Waals surface area contributed by atoms with Crippen molar-refractivity contribution in [1.29, 1.82) is 0 Å². The Kier molecular flexibility index (Phi) is 7.98. The van der Waals surface area contributed by atoms with Crippen molar-refractivity contribution in [3.8, 4) is 5.75 Å². The maximum Gasteiger partial charge on any atom is 0.236 e. The molecule has 4 N–H and O–H groups in total. The van der Waals surface area contributed by atoms with E-state index in [-0.39, 0.29) is 30.3 Å². The molecule has 2 fully saturated rings. The highest BCUT2D eigenvalue weighted by molar-refractivity contribution is 5.86. The second-order valence-electron chi connectivity index (χ2n) is 10.1. The number of ether oxygens (including phenoxy) is 1. The lowest BCUT2D eigenvalue weighted by Crippen LogP contribution is -2.56. The van der Waals surface area contributed by atoms with Gasteiger partial charge in [0, 0.05) is 57.4 Å². The molecule has 3 aromatic rings. The number of piperazine rings is 1. The minimum atomic E-state index is -0.363. The molecule has 1 amide bonds. The van der Waals surface area contributed by atoms with Gasteiger partial charge in [-0.05, 0) is 12.5 Å². The van der Waals surface area contributed by atoms with Crippen molar-refractivity contribution in [2.45, 2.75) is 32.4 Å². The number of β-amino-alcohol motifs (C(OH)–C–C–N with tert-alkyl or cyclic N) is 1. The van der Waals surface area contributed by atoms with Crippen LogP contribution in [0.5, 0.6) is 5.75 Å². The molecule has 1 aromatic carbocycles. The number of aliphatic hydroxyl groups excluding tert-OH is 1. The molecule has 12 nitrogen and oxygen atoms in total. The number of unbranched alkanes of at least 4 members (excludes halogenated alkanes) is 1. The molecule has 4 heterocycles. The molecule has 0 radical (unpaired) electrons. The molecule has 210 valence electrons. The molecule has 0 aliphatic carbocycles. The molecule has 13 heteroatoms. The lowest BCUT2D eigenvalue weighted by molar-refractivity contribution is -0.135. The predicted octanol–water partition coefficient (Wildman–Crippen LogP) is 1.14. The van der Waals surface area contributed by atoms with Gasteiger partial charge in [-0.2, -0.15) is 10.1 Å². The van der Waals surface area contributed by atoms with Crippen molar-refractivity contribution < 1.29 is 19.0 Å². The SMILES string of the molecule is CCCCNc1nc(N)nc2cnn(Cc3cc(F)c(N4CCN(C(=O)CN5CC(O)C5)CC4)cc3OC)c12. The topological polar surface area (TPSA) is 138 Å². The van der Waals surface area contributed by atoms with E-state index >= 15 is 4.39 Å². The van der Waals surface area contributed by atoms with Crippen molar-refractivity contribution in [2.75, 3.05) is 75.4 Å². The number of methoxy groups -OCH3 is 1. The number of aromatic nitrogens is 4. The number of halogens is 1.